The smallest absolute Gasteiger partial charge is 0.279 e. The van der Waals surface area contributed by atoms with Crippen molar-refractivity contribution in [2.45, 2.75) is 32.2 Å². The second-order valence-corrected chi connectivity index (χ2v) is 8.99. The minimum Gasteiger partial charge on any atom is -0.493 e. The monoisotopic (exact) mass is 423 g/mol. The van der Waals surface area contributed by atoms with Crippen molar-refractivity contribution in [2.24, 2.45) is 0 Å². The lowest BCUT2D eigenvalue weighted by Crippen LogP contribution is -2.32. The van der Waals surface area contributed by atoms with Crippen molar-refractivity contribution in [3.8, 4) is 11.5 Å². The van der Waals surface area contributed by atoms with E-state index in [1.54, 1.807) is 24.4 Å². The molecule has 0 saturated heterocycles. The highest BCUT2D eigenvalue weighted by Crippen LogP contribution is 2.28. The van der Waals surface area contributed by atoms with E-state index in [1.165, 1.54) is 29.8 Å². The number of ether oxygens (including phenoxy) is 2. The van der Waals surface area contributed by atoms with Gasteiger partial charge in [0.1, 0.15) is 0 Å². The van der Waals surface area contributed by atoms with Gasteiger partial charge in [0.25, 0.3) is 5.56 Å². The summed E-state index contributed by atoms with van der Waals surface area (Å²) in [6.07, 6.45) is 1.59. The number of thiazole rings is 1. The summed E-state index contributed by atoms with van der Waals surface area (Å²) in [7, 11) is -2.54. The molecule has 8 nitrogen and oxygen atoms in total. The number of aryl methyl sites for hydroxylation is 2. The van der Waals surface area contributed by atoms with Crippen LogP contribution in [-0.2, 0) is 16.6 Å². The third-order valence-electron chi connectivity index (χ3n) is 4.04. The van der Waals surface area contributed by atoms with Gasteiger partial charge in [-0.3, -0.25) is 9.20 Å². The number of rotatable bonds is 7. The molecule has 0 spiro atoms. The maximum Gasteiger partial charge on any atom is 0.279 e. The molecule has 0 aliphatic heterocycles. The summed E-state index contributed by atoms with van der Waals surface area (Å²) in [6.45, 7) is 5.70. The van der Waals surface area contributed by atoms with E-state index < -0.39 is 15.6 Å². The van der Waals surface area contributed by atoms with E-state index >= 15 is 0 Å². The van der Waals surface area contributed by atoms with E-state index in [-0.39, 0.29) is 17.1 Å². The van der Waals surface area contributed by atoms with Gasteiger partial charge in [0.2, 0.25) is 10.0 Å². The molecule has 1 aromatic carbocycles. The van der Waals surface area contributed by atoms with Crippen molar-refractivity contribution >= 4 is 26.3 Å². The Bertz CT molecular complexity index is 1180. The third kappa shape index (κ3) is 3.89. The first-order valence-corrected chi connectivity index (χ1v) is 10.9. The van der Waals surface area contributed by atoms with Crippen LogP contribution in [0.5, 0.6) is 11.5 Å². The molecule has 10 heteroatoms. The summed E-state index contributed by atoms with van der Waals surface area (Å²) >= 11 is 1.33. The van der Waals surface area contributed by atoms with Crippen LogP contribution >= 0.6 is 11.3 Å². The zero-order valence-corrected chi connectivity index (χ0v) is 17.6. The highest BCUT2D eigenvalue weighted by atomic mass is 32.2. The minimum atomic E-state index is -4.06. The van der Waals surface area contributed by atoms with Crippen LogP contribution in [-0.4, -0.2) is 31.5 Å². The molecule has 3 rings (SSSR count). The van der Waals surface area contributed by atoms with Crippen molar-refractivity contribution in [3.63, 3.8) is 0 Å². The number of nitrogens with zero attached hydrogens (tertiary/aromatic N) is 2. The molecule has 3 aromatic rings. The molecule has 0 saturated carbocycles. The number of hydrogen-bond donors (Lipinski definition) is 1. The van der Waals surface area contributed by atoms with Gasteiger partial charge in [0.15, 0.2) is 21.4 Å². The normalized spacial score (nSPS) is 11.7. The number of hydrogen-bond acceptors (Lipinski definition) is 7. The average Bonchev–Trinajstić information content (AvgIpc) is 3.01. The maximum atomic E-state index is 12.8. The van der Waals surface area contributed by atoms with E-state index in [0.29, 0.717) is 28.6 Å². The number of fused-ring (bicyclic) bond motifs is 1. The lowest BCUT2D eigenvalue weighted by atomic mass is 10.2. The maximum absolute atomic E-state index is 12.8. The number of benzene rings is 1. The summed E-state index contributed by atoms with van der Waals surface area (Å²) in [4.78, 5) is 18.0. The number of methoxy groups -OCH3 is 1. The van der Waals surface area contributed by atoms with Gasteiger partial charge >= 0.3 is 0 Å². The molecule has 0 atom stereocenters. The van der Waals surface area contributed by atoms with E-state index in [9.17, 15) is 13.2 Å². The molecule has 0 bridgehead atoms. The fourth-order valence-electron chi connectivity index (χ4n) is 2.79. The van der Waals surface area contributed by atoms with Gasteiger partial charge in [0.05, 0.1) is 19.4 Å². The molecule has 0 amide bonds. The Kier molecular flexibility index (Phi) is 5.73. The first kappa shape index (κ1) is 20.3. The second kappa shape index (κ2) is 7.90. The summed E-state index contributed by atoms with van der Waals surface area (Å²) in [6, 6.07) is 5.14. The molecule has 2 aromatic heterocycles. The zero-order chi connectivity index (χ0) is 20.5. The number of nitrogens with one attached hydrogen (secondary N) is 1. The predicted molar refractivity (Wildman–Crippen MR) is 107 cm³/mol. The second-order valence-electron chi connectivity index (χ2n) is 6.07. The number of sulfonamides is 1. The van der Waals surface area contributed by atoms with Crippen LogP contribution in [0.4, 0.5) is 0 Å². The van der Waals surface area contributed by atoms with Crippen molar-refractivity contribution in [1.82, 2.24) is 14.1 Å². The molecule has 0 fully saturated rings. The van der Waals surface area contributed by atoms with Crippen LogP contribution in [0.3, 0.4) is 0 Å². The fraction of sp³-hybridized carbons (Fsp3) is 0.333. The Morgan fingerprint density at radius 1 is 1.25 bits per heavy atom. The van der Waals surface area contributed by atoms with Crippen LogP contribution in [0.25, 0.3) is 4.96 Å². The summed E-state index contributed by atoms with van der Waals surface area (Å²) in [5, 5.41) is 0. The standard InChI is InChI=1S/C18H21N3O5S2/c1-5-26-14-7-6-13(8-15(14)25-4)9-19-28(23,24)16-12(3)20-18-21(17(16)22)10-11(2)27-18/h6-8,10,19H,5,9H2,1-4H3. The molecule has 0 aliphatic carbocycles. The molecular weight excluding hydrogens is 402 g/mol. The van der Waals surface area contributed by atoms with Gasteiger partial charge in [-0.1, -0.05) is 6.07 Å². The molecule has 28 heavy (non-hydrogen) atoms. The van der Waals surface area contributed by atoms with Gasteiger partial charge < -0.3 is 9.47 Å². The Hall–Kier alpha value is -2.43. The molecular formula is C18H21N3O5S2. The van der Waals surface area contributed by atoms with Gasteiger partial charge in [-0.15, -0.1) is 11.3 Å². The molecule has 1 N–H and O–H groups in total. The quantitative estimate of drug-likeness (QED) is 0.626. The highest BCUT2D eigenvalue weighted by molar-refractivity contribution is 7.89. The van der Waals surface area contributed by atoms with E-state index in [4.69, 9.17) is 9.47 Å². The van der Waals surface area contributed by atoms with Crippen LogP contribution in [0.15, 0.2) is 34.1 Å². The topological polar surface area (TPSA) is 99.0 Å². The molecule has 0 aliphatic rings. The lowest BCUT2D eigenvalue weighted by molar-refractivity contribution is 0.310. The number of aromatic nitrogens is 2. The highest BCUT2D eigenvalue weighted by Gasteiger charge is 2.24. The SMILES string of the molecule is CCOc1ccc(CNS(=O)(=O)c2c(C)nc3sc(C)cn3c2=O)cc1OC. The van der Waals surface area contributed by atoms with Gasteiger partial charge in [0, 0.05) is 17.6 Å². The lowest BCUT2D eigenvalue weighted by Gasteiger charge is -2.12. The molecule has 150 valence electrons. The summed E-state index contributed by atoms with van der Waals surface area (Å²) < 4.78 is 40.1. The Morgan fingerprint density at radius 2 is 2.00 bits per heavy atom. The average molecular weight is 424 g/mol. The summed E-state index contributed by atoms with van der Waals surface area (Å²) in [5.74, 6) is 1.08. The van der Waals surface area contributed by atoms with Crippen molar-refractivity contribution in [2.75, 3.05) is 13.7 Å². The fourth-order valence-corrected chi connectivity index (χ4v) is 4.92. The molecule has 2 heterocycles. The predicted octanol–water partition coefficient (Wildman–Crippen LogP) is 2.26. The molecule has 0 radical (unpaired) electrons. The van der Waals surface area contributed by atoms with E-state index in [1.807, 2.05) is 13.8 Å². The first-order valence-electron chi connectivity index (χ1n) is 8.55. The first-order chi connectivity index (χ1) is 13.3. The largest absolute Gasteiger partial charge is 0.493 e. The van der Waals surface area contributed by atoms with Crippen molar-refractivity contribution in [3.05, 3.63) is 50.9 Å². The van der Waals surface area contributed by atoms with Crippen LogP contribution in [0.2, 0.25) is 0 Å². The summed E-state index contributed by atoms with van der Waals surface area (Å²) in [5.41, 5.74) is 0.231. The van der Waals surface area contributed by atoms with E-state index in [2.05, 4.69) is 9.71 Å². The van der Waals surface area contributed by atoms with Crippen molar-refractivity contribution < 1.29 is 17.9 Å². The van der Waals surface area contributed by atoms with E-state index in [0.717, 1.165) is 4.88 Å². The van der Waals surface area contributed by atoms with Gasteiger partial charge in [-0.05, 0) is 38.5 Å². The zero-order valence-electron chi connectivity index (χ0n) is 16.0. The Balaban J connectivity index is 1.91. The Labute approximate surface area is 166 Å². The molecule has 0 unspecified atom stereocenters. The van der Waals surface area contributed by atoms with Crippen LogP contribution in [0, 0.1) is 13.8 Å². The van der Waals surface area contributed by atoms with Gasteiger partial charge in [-0.2, -0.15) is 0 Å². The minimum absolute atomic E-state index is 0.00462. The van der Waals surface area contributed by atoms with Crippen LogP contribution in [0.1, 0.15) is 23.1 Å². The van der Waals surface area contributed by atoms with Gasteiger partial charge in [-0.25, -0.2) is 18.1 Å². The third-order valence-corrected chi connectivity index (χ3v) is 6.47. The Morgan fingerprint density at radius 3 is 2.68 bits per heavy atom. The van der Waals surface area contributed by atoms with Crippen molar-refractivity contribution in [1.29, 1.82) is 0 Å². The van der Waals surface area contributed by atoms with Crippen LogP contribution < -0.4 is 19.8 Å².